The summed E-state index contributed by atoms with van der Waals surface area (Å²) >= 11 is 0. The van der Waals surface area contributed by atoms with Gasteiger partial charge in [0.2, 0.25) is 0 Å². The lowest BCUT2D eigenvalue weighted by molar-refractivity contribution is -0.156. The quantitative estimate of drug-likeness (QED) is 0.350. The molecule has 12 nitrogen and oxygen atoms in total. The number of benzene rings is 1. The zero-order valence-corrected chi connectivity index (χ0v) is 19.6. The van der Waals surface area contributed by atoms with Gasteiger partial charge in [-0.15, -0.1) is 5.10 Å². The molecule has 1 aliphatic rings. The van der Waals surface area contributed by atoms with Crippen LogP contribution in [0.2, 0.25) is 0 Å². The number of nitrogen functional groups attached to an aromatic ring is 1. The number of ether oxygens (including phenoxy) is 1. The van der Waals surface area contributed by atoms with Gasteiger partial charge in [0.25, 0.3) is 11.8 Å². The van der Waals surface area contributed by atoms with Gasteiger partial charge in [0.15, 0.2) is 29.4 Å². The summed E-state index contributed by atoms with van der Waals surface area (Å²) in [5.74, 6) is -1.38. The Labute approximate surface area is 211 Å². The molecule has 1 fully saturated rings. The third-order valence-corrected chi connectivity index (χ3v) is 5.80. The van der Waals surface area contributed by atoms with E-state index in [0.29, 0.717) is 11.0 Å². The zero-order chi connectivity index (χ0) is 27.2. The normalized spacial score (nSPS) is 19.1. The van der Waals surface area contributed by atoms with E-state index in [9.17, 15) is 27.9 Å². The summed E-state index contributed by atoms with van der Waals surface area (Å²) in [5, 5.41) is 21.6. The third kappa shape index (κ3) is 4.76. The van der Waals surface area contributed by atoms with E-state index in [-0.39, 0.29) is 29.6 Å². The number of nitrogens with two attached hydrogens (primary N) is 1. The van der Waals surface area contributed by atoms with E-state index in [2.05, 4.69) is 20.6 Å². The average Bonchev–Trinajstić information content (AvgIpc) is 3.51. The first-order chi connectivity index (χ1) is 18.0. The van der Waals surface area contributed by atoms with Crippen LogP contribution in [0.15, 0.2) is 53.3 Å². The number of hydrogen-bond acceptors (Lipinski definition) is 9. The summed E-state index contributed by atoms with van der Waals surface area (Å²) in [6, 6.07) is 8.13. The van der Waals surface area contributed by atoms with Gasteiger partial charge in [-0.2, -0.15) is 13.2 Å². The van der Waals surface area contributed by atoms with Gasteiger partial charge >= 0.3 is 6.18 Å². The Hall–Kier alpha value is -4.50. The van der Waals surface area contributed by atoms with Crippen molar-refractivity contribution in [1.82, 2.24) is 19.9 Å². The lowest BCUT2D eigenvalue weighted by atomic mass is 10.1. The Bertz CT molecular complexity index is 1520. The molecule has 1 aromatic carbocycles. The average molecular weight is 531 g/mol. The number of halogens is 3. The summed E-state index contributed by atoms with van der Waals surface area (Å²) in [5.41, 5.74) is 5.23. The molecule has 4 heterocycles. The highest BCUT2D eigenvalue weighted by atomic mass is 19.4. The summed E-state index contributed by atoms with van der Waals surface area (Å²) in [6.07, 6.45) is -6.31. The van der Waals surface area contributed by atoms with E-state index in [1.165, 1.54) is 35.4 Å². The van der Waals surface area contributed by atoms with Gasteiger partial charge in [-0.05, 0) is 31.2 Å². The second-order valence-electron chi connectivity index (χ2n) is 8.54. The van der Waals surface area contributed by atoms with Crippen molar-refractivity contribution in [3.8, 4) is 5.69 Å². The number of nitrogens with zero attached hydrogens (tertiary/aromatic N) is 5. The number of aliphatic hydroxyl groups excluding tert-OH is 1. The molecule has 3 atom stereocenters. The Morgan fingerprint density at radius 2 is 2.05 bits per heavy atom. The fourth-order valence-corrected chi connectivity index (χ4v) is 3.98. The Morgan fingerprint density at radius 3 is 2.82 bits per heavy atom. The fraction of sp³-hybridized carbons (Fsp3) is 0.261. The molecule has 5 rings (SSSR count). The number of amides is 2. The van der Waals surface area contributed by atoms with E-state index >= 15 is 0 Å². The van der Waals surface area contributed by atoms with Crippen LogP contribution in [-0.4, -0.2) is 61.7 Å². The lowest BCUT2D eigenvalue weighted by Crippen LogP contribution is -2.58. The second-order valence-corrected chi connectivity index (χ2v) is 8.54. The molecule has 198 valence electrons. The van der Waals surface area contributed by atoms with Crippen LogP contribution in [0.5, 0.6) is 0 Å². The Balaban J connectivity index is 1.33. The van der Waals surface area contributed by atoms with E-state index < -0.39 is 42.0 Å². The third-order valence-electron chi connectivity index (χ3n) is 5.80. The van der Waals surface area contributed by atoms with Gasteiger partial charge in [-0.25, -0.2) is 4.68 Å². The van der Waals surface area contributed by atoms with Crippen LogP contribution in [0.25, 0.3) is 16.7 Å². The number of aromatic nitrogens is 4. The van der Waals surface area contributed by atoms with Crippen LogP contribution in [0.3, 0.4) is 0 Å². The molecule has 1 saturated heterocycles. The number of morpholine rings is 1. The molecule has 0 radical (unpaired) electrons. The molecule has 15 heteroatoms. The van der Waals surface area contributed by atoms with E-state index in [1.54, 1.807) is 13.0 Å². The summed E-state index contributed by atoms with van der Waals surface area (Å²) in [7, 11) is 0. The summed E-state index contributed by atoms with van der Waals surface area (Å²) in [6.45, 7) is 1.67. The molecular formula is C23H20F3N7O5. The van der Waals surface area contributed by atoms with Crippen molar-refractivity contribution in [2.75, 3.05) is 22.5 Å². The van der Waals surface area contributed by atoms with Gasteiger partial charge in [-0.3, -0.25) is 19.5 Å². The number of rotatable bonds is 5. The van der Waals surface area contributed by atoms with Crippen LogP contribution < -0.4 is 16.0 Å². The largest absolute Gasteiger partial charge is 0.433 e. The molecule has 0 saturated carbocycles. The van der Waals surface area contributed by atoms with E-state index in [4.69, 9.17) is 15.0 Å². The number of nitrogens with one attached hydrogen (secondary N) is 1. The van der Waals surface area contributed by atoms with Crippen LogP contribution in [-0.2, 0) is 20.5 Å². The number of pyridine rings is 1. The highest BCUT2D eigenvalue weighted by Gasteiger charge is 2.42. The smallest absolute Gasteiger partial charge is 0.380 e. The number of fused-ring (bicyclic) bond motifs is 1. The number of carbonyl (C=O) groups is 2. The fourth-order valence-electron chi connectivity index (χ4n) is 3.98. The molecule has 38 heavy (non-hydrogen) atoms. The number of carbonyl (C=O) groups excluding carboxylic acids is 2. The van der Waals surface area contributed by atoms with Crippen molar-refractivity contribution >= 4 is 40.1 Å². The first-order valence-corrected chi connectivity index (χ1v) is 11.2. The standard InChI is InChI=1S/C23H20F3N7O5/c1-11-10-32(17-5-7-33(30-17)13-4-6-28-16(9-13)23(24,25)26)22(36)19(37-11)18(34)21(35)29-12-2-3-14-15(8-12)38-31-20(14)27/h2-9,11,18-19,34H,10H2,1H3,(H2,27,31)(H,29,35)/t11-,18+,19+/m0/s1. The highest BCUT2D eigenvalue weighted by Crippen LogP contribution is 2.29. The lowest BCUT2D eigenvalue weighted by Gasteiger charge is -2.36. The molecule has 3 aromatic heterocycles. The van der Waals surface area contributed by atoms with Gasteiger partial charge < -0.3 is 25.4 Å². The van der Waals surface area contributed by atoms with Crippen molar-refractivity contribution < 1.29 is 37.1 Å². The number of hydrogen-bond donors (Lipinski definition) is 3. The second kappa shape index (κ2) is 9.42. The van der Waals surface area contributed by atoms with Crippen molar-refractivity contribution in [3.05, 3.63) is 54.5 Å². The molecule has 0 unspecified atom stereocenters. The van der Waals surface area contributed by atoms with Crippen LogP contribution in [0, 0.1) is 0 Å². The minimum absolute atomic E-state index is 0.0361. The first-order valence-electron chi connectivity index (χ1n) is 11.2. The van der Waals surface area contributed by atoms with Crippen molar-refractivity contribution in [2.24, 2.45) is 0 Å². The predicted octanol–water partition coefficient (Wildman–Crippen LogP) is 2.13. The van der Waals surface area contributed by atoms with Crippen molar-refractivity contribution in [3.63, 3.8) is 0 Å². The van der Waals surface area contributed by atoms with Crippen LogP contribution >= 0.6 is 0 Å². The summed E-state index contributed by atoms with van der Waals surface area (Å²) < 4.78 is 50.9. The SMILES string of the molecule is C[C@H]1CN(c2ccn(-c3ccnc(C(F)(F)F)c3)n2)C(=O)[C@@H]([C@@H](O)C(=O)Nc2ccc3c(N)noc3c2)O1. The summed E-state index contributed by atoms with van der Waals surface area (Å²) in [4.78, 5) is 30.5. The van der Waals surface area contributed by atoms with E-state index in [1.807, 2.05) is 0 Å². The molecule has 4 aromatic rings. The Morgan fingerprint density at radius 1 is 1.26 bits per heavy atom. The molecule has 4 N–H and O–H groups in total. The number of aliphatic hydroxyl groups is 1. The van der Waals surface area contributed by atoms with Crippen molar-refractivity contribution in [1.29, 1.82) is 0 Å². The molecule has 0 spiro atoms. The molecule has 0 aliphatic carbocycles. The minimum Gasteiger partial charge on any atom is -0.380 e. The zero-order valence-electron chi connectivity index (χ0n) is 19.6. The monoisotopic (exact) mass is 531 g/mol. The maximum absolute atomic E-state index is 13.2. The van der Waals surface area contributed by atoms with Gasteiger partial charge in [0, 0.05) is 30.2 Å². The first kappa shape index (κ1) is 25.2. The van der Waals surface area contributed by atoms with Crippen LogP contribution in [0.4, 0.5) is 30.5 Å². The van der Waals surface area contributed by atoms with Gasteiger partial charge in [0.05, 0.1) is 23.7 Å². The maximum Gasteiger partial charge on any atom is 0.433 e. The predicted molar refractivity (Wildman–Crippen MR) is 126 cm³/mol. The van der Waals surface area contributed by atoms with Gasteiger partial charge in [-0.1, -0.05) is 5.16 Å². The maximum atomic E-state index is 13.2. The molecular weight excluding hydrogens is 511 g/mol. The van der Waals surface area contributed by atoms with Gasteiger partial charge in [0.1, 0.15) is 5.69 Å². The molecule has 1 aliphatic heterocycles. The topological polar surface area (TPSA) is 162 Å². The van der Waals surface area contributed by atoms with E-state index in [0.717, 1.165) is 16.9 Å². The van der Waals surface area contributed by atoms with Crippen LogP contribution in [0.1, 0.15) is 12.6 Å². The molecule has 0 bridgehead atoms. The Kier molecular flexibility index (Phi) is 6.24. The molecule has 2 amide bonds. The number of anilines is 3. The highest BCUT2D eigenvalue weighted by molar-refractivity contribution is 6.04. The minimum atomic E-state index is -4.64. The number of alkyl halides is 3. The van der Waals surface area contributed by atoms with Crippen molar-refractivity contribution in [2.45, 2.75) is 31.4 Å².